The van der Waals surface area contributed by atoms with Crippen LogP contribution in [0.5, 0.6) is 0 Å². The van der Waals surface area contributed by atoms with E-state index in [2.05, 4.69) is 15.0 Å². The molecule has 16 heavy (non-hydrogen) atoms. The molecule has 1 aromatic rings. The number of anilines is 1. The molecular formula is C10H17N5O. The van der Waals surface area contributed by atoms with Gasteiger partial charge in [0.05, 0.1) is 5.92 Å². The van der Waals surface area contributed by atoms with Gasteiger partial charge < -0.3 is 20.1 Å². The van der Waals surface area contributed by atoms with Gasteiger partial charge in [-0.15, -0.1) is 0 Å². The molecule has 2 aliphatic heterocycles. The molecule has 2 N–H and O–H groups in total. The van der Waals surface area contributed by atoms with Gasteiger partial charge in [-0.2, -0.15) is 4.98 Å². The Labute approximate surface area is 94.4 Å². The molecule has 0 spiro atoms. The molecule has 2 aliphatic rings. The first-order chi connectivity index (χ1) is 7.65. The van der Waals surface area contributed by atoms with Crippen LogP contribution in [0.4, 0.5) is 5.95 Å². The van der Waals surface area contributed by atoms with Crippen LogP contribution in [0, 0.1) is 5.92 Å². The van der Waals surface area contributed by atoms with E-state index in [0.717, 1.165) is 25.5 Å². The molecule has 88 valence electrons. The zero-order chi connectivity index (χ0) is 11.3. The molecule has 0 aromatic carbocycles. The third-order valence-corrected chi connectivity index (χ3v) is 3.61. The lowest BCUT2D eigenvalue weighted by Crippen LogP contribution is -2.39. The second kappa shape index (κ2) is 3.43. The van der Waals surface area contributed by atoms with Crippen molar-refractivity contribution in [2.75, 3.05) is 38.6 Å². The molecule has 4 atom stereocenters. The van der Waals surface area contributed by atoms with Crippen LogP contribution in [-0.4, -0.2) is 54.8 Å². The fourth-order valence-corrected chi connectivity index (χ4v) is 2.75. The number of fused-ring (bicyclic) bond motifs is 2. The van der Waals surface area contributed by atoms with Crippen LogP contribution in [0.1, 0.15) is 11.8 Å². The Hall–Kier alpha value is -1.14. The van der Waals surface area contributed by atoms with E-state index in [1.165, 1.54) is 0 Å². The average Bonchev–Trinajstić information content (AvgIpc) is 2.89. The van der Waals surface area contributed by atoms with Crippen LogP contribution in [0.2, 0.25) is 0 Å². The Morgan fingerprint density at radius 2 is 2.19 bits per heavy atom. The summed E-state index contributed by atoms with van der Waals surface area (Å²) in [7, 11) is 3.81. The Bertz CT molecular complexity index is 390. The van der Waals surface area contributed by atoms with Gasteiger partial charge in [-0.1, -0.05) is 0 Å². The van der Waals surface area contributed by atoms with E-state index in [4.69, 9.17) is 10.3 Å². The number of hydrogen-bond acceptors (Lipinski definition) is 6. The summed E-state index contributed by atoms with van der Waals surface area (Å²) < 4.78 is 5.33. The Morgan fingerprint density at radius 1 is 1.38 bits per heavy atom. The van der Waals surface area contributed by atoms with Crippen molar-refractivity contribution in [3.8, 4) is 0 Å². The van der Waals surface area contributed by atoms with Crippen molar-refractivity contribution in [3.63, 3.8) is 0 Å². The molecule has 6 heteroatoms. The lowest BCUT2D eigenvalue weighted by atomic mass is 9.89. The highest BCUT2D eigenvalue weighted by atomic mass is 16.5. The van der Waals surface area contributed by atoms with E-state index in [-0.39, 0.29) is 6.04 Å². The molecule has 0 radical (unpaired) electrons. The third-order valence-electron chi connectivity index (χ3n) is 3.61. The van der Waals surface area contributed by atoms with Crippen LogP contribution >= 0.6 is 0 Å². The number of piperidine rings is 1. The zero-order valence-corrected chi connectivity index (χ0v) is 9.63. The molecule has 2 bridgehead atoms. The summed E-state index contributed by atoms with van der Waals surface area (Å²) >= 11 is 0. The molecule has 2 saturated heterocycles. The van der Waals surface area contributed by atoms with Gasteiger partial charge in [0.25, 0.3) is 5.95 Å². The number of aromatic nitrogens is 2. The topological polar surface area (TPSA) is 71.4 Å². The van der Waals surface area contributed by atoms with E-state index in [9.17, 15) is 0 Å². The first-order valence-electron chi connectivity index (χ1n) is 5.64. The zero-order valence-electron chi connectivity index (χ0n) is 9.63. The number of nitrogens with two attached hydrogens (primary N) is 1. The van der Waals surface area contributed by atoms with Crippen molar-refractivity contribution in [3.05, 3.63) is 5.89 Å². The summed E-state index contributed by atoms with van der Waals surface area (Å²) in [5.41, 5.74) is 6.07. The van der Waals surface area contributed by atoms with Crippen molar-refractivity contribution in [1.82, 2.24) is 15.0 Å². The predicted molar refractivity (Wildman–Crippen MR) is 59.3 cm³/mol. The maximum Gasteiger partial charge on any atom is 0.265 e. The molecule has 3 rings (SSSR count). The van der Waals surface area contributed by atoms with Crippen molar-refractivity contribution in [2.24, 2.45) is 11.7 Å². The predicted octanol–water partition coefficient (Wildman–Crippen LogP) is -0.508. The van der Waals surface area contributed by atoms with E-state index >= 15 is 0 Å². The minimum absolute atomic E-state index is 0.258. The fraction of sp³-hybridized carbons (Fsp3) is 0.800. The smallest absolute Gasteiger partial charge is 0.265 e. The molecule has 0 saturated carbocycles. The molecule has 6 nitrogen and oxygen atoms in total. The van der Waals surface area contributed by atoms with E-state index < -0.39 is 0 Å². The van der Waals surface area contributed by atoms with Gasteiger partial charge in [-0.05, 0) is 5.16 Å². The molecule has 0 amide bonds. The minimum atomic E-state index is 0.258. The minimum Gasteiger partial charge on any atom is -0.344 e. The number of hydrogen-bond donors (Lipinski definition) is 1. The first kappa shape index (κ1) is 10.0. The first-order valence-corrected chi connectivity index (χ1v) is 5.64. The maximum absolute atomic E-state index is 6.07. The van der Waals surface area contributed by atoms with Crippen molar-refractivity contribution in [2.45, 2.75) is 12.0 Å². The fourth-order valence-electron chi connectivity index (χ4n) is 2.75. The van der Waals surface area contributed by atoms with Crippen LogP contribution in [0.25, 0.3) is 0 Å². The quantitative estimate of drug-likeness (QED) is 0.728. The summed E-state index contributed by atoms with van der Waals surface area (Å²) in [5.74, 6) is 2.19. The van der Waals surface area contributed by atoms with Gasteiger partial charge in [0, 0.05) is 45.7 Å². The Kier molecular flexibility index (Phi) is 2.15. The summed E-state index contributed by atoms with van der Waals surface area (Å²) in [5, 5.41) is 3.95. The Balaban J connectivity index is 1.82. The number of nitrogens with zero attached hydrogens (tertiary/aromatic N) is 4. The third kappa shape index (κ3) is 1.41. The largest absolute Gasteiger partial charge is 0.344 e. The second-order valence-electron chi connectivity index (χ2n) is 4.98. The molecule has 2 fully saturated rings. The summed E-state index contributed by atoms with van der Waals surface area (Å²) in [6.45, 7) is 3.09. The van der Waals surface area contributed by atoms with Crippen LogP contribution in [0.15, 0.2) is 4.52 Å². The van der Waals surface area contributed by atoms with Crippen molar-refractivity contribution >= 4 is 5.95 Å². The monoisotopic (exact) mass is 223 g/mol. The highest BCUT2D eigenvalue weighted by Crippen LogP contribution is 2.38. The highest BCUT2D eigenvalue weighted by molar-refractivity contribution is 5.25. The molecule has 0 aliphatic carbocycles. The van der Waals surface area contributed by atoms with Gasteiger partial charge >= 0.3 is 0 Å². The average molecular weight is 223 g/mol. The van der Waals surface area contributed by atoms with Gasteiger partial charge in [0.2, 0.25) is 5.89 Å². The van der Waals surface area contributed by atoms with E-state index in [1.54, 1.807) is 0 Å². The van der Waals surface area contributed by atoms with Gasteiger partial charge in [0.1, 0.15) is 0 Å². The second-order valence-corrected chi connectivity index (χ2v) is 4.98. The molecular weight excluding hydrogens is 206 g/mol. The van der Waals surface area contributed by atoms with Gasteiger partial charge in [-0.25, -0.2) is 0 Å². The lowest BCUT2D eigenvalue weighted by molar-refractivity contribution is 0.271. The molecule has 4 unspecified atom stereocenters. The van der Waals surface area contributed by atoms with Crippen LogP contribution in [-0.2, 0) is 0 Å². The Morgan fingerprint density at radius 3 is 2.75 bits per heavy atom. The van der Waals surface area contributed by atoms with Crippen molar-refractivity contribution in [1.29, 1.82) is 0 Å². The van der Waals surface area contributed by atoms with Crippen LogP contribution in [0.3, 0.4) is 0 Å². The van der Waals surface area contributed by atoms with E-state index in [1.807, 2.05) is 19.0 Å². The van der Waals surface area contributed by atoms with Gasteiger partial charge in [-0.3, -0.25) is 0 Å². The lowest BCUT2D eigenvalue weighted by Gasteiger charge is -2.24. The summed E-state index contributed by atoms with van der Waals surface area (Å²) in [6, 6.07) is 0.258. The highest BCUT2D eigenvalue weighted by Gasteiger charge is 2.46. The molecule has 1 aromatic heterocycles. The maximum atomic E-state index is 6.07. The summed E-state index contributed by atoms with van der Waals surface area (Å²) in [4.78, 5) is 8.63. The standard InChI is InChI=1S/C10H17N5O/c1-14(2)10-12-9(16-13-10)7-4-15-3-6(7)8(11)5-15/h6-8H,3-5,11H2,1-2H3. The van der Waals surface area contributed by atoms with E-state index in [0.29, 0.717) is 17.8 Å². The SMILES string of the molecule is CN(C)c1noc(C2CN3CC(N)C2C3)n1. The van der Waals surface area contributed by atoms with Crippen LogP contribution < -0.4 is 10.6 Å². The normalized spacial score (nSPS) is 36.9. The van der Waals surface area contributed by atoms with Gasteiger partial charge in [0.15, 0.2) is 0 Å². The van der Waals surface area contributed by atoms with Crippen molar-refractivity contribution < 1.29 is 4.52 Å². The number of rotatable bonds is 2. The summed E-state index contributed by atoms with van der Waals surface area (Å²) in [6.07, 6.45) is 0. The molecule has 3 heterocycles.